The molecule has 14 N–H and O–H groups in total. The molecule has 18 unspecified atom stereocenters. The van der Waals surface area contributed by atoms with Gasteiger partial charge in [-0.15, -0.1) is 0 Å². The highest BCUT2D eigenvalue weighted by Crippen LogP contribution is 2.39. The lowest BCUT2D eigenvalue weighted by molar-refractivity contribution is -0.386. The molecule has 0 saturated carbocycles. The van der Waals surface area contributed by atoms with Gasteiger partial charge in [0.1, 0.15) is 67.1 Å². The van der Waals surface area contributed by atoms with E-state index in [9.17, 15) is 75.7 Å². The molecule has 0 aliphatic carbocycles. The van der Waals surface area contributed by atoms with E-state index in [1.165, 1.54) is 244 Å². The van der Waals surface area contributed by atoms with Crippen molar-refractivity contribution >= 4 is 17.8 Å². The number of aliphatic hydroxyl groups is 11. The van der Waals surface area contributed by atoms with E-state index in [2.05, 4.69) is 48.8 Å². The fraction of sp³-hybridized carbons (Fsp3) is 0.893. The quantitative estimate of drug-likeness (QED) is 0.0199. The molecular weight excluding hydrogens is 1370 g/mol. The SMILES string of the molecule is CCCCCCCCCCCCC/C=C\C/C=C\CCCCCCCCCCCCCCCCCCCC(=O)NC(COC1OC(CO)C(OC2OC(CO)C(O)C(OC3(C(=O)O)CC(O)C(NC(C)=O)C(C(O)C(O)CO)O3)C2O)C(O)C1O)C(O)/C=C/CCCCCCCCCCCCCCCCCC. The summed E-state index contributed by atoms with van der Waals surface area (Å²) in [5.74, 6) is -6.14. The van der Waals surface area contributed by atoms with Crippen molar-refractivity contribution in [1.29, 1.82) is 0 Å². The first kappa shape index (κ1) is 98.1. The third-order valence-electron chi connectivity index (χ3n) is 21.6. The summed E-state index contributed by atoms with van der Waals surface area (Å²) in [6.07, 6.45) is 43.4. The second-order valence-corrected chi connectivity index (χ2v) is 31.0. The van der Waals surface area contributed by atoms with Crippen LogP contribution < -0.4 is 10.6 Å². The minimum atomic E-state index is -3.08. The van der Waals surface area contributed by atoms with Crippen molar-refractivity contribution in [2.45, 2.75) is 452 Å². The van der Waals surface area contributed by atoms with Gasteiger partial charge in [-0.25, -0.2) is 4.79 Å². The molecule has 0 spiro atoms. The molecule has 3 heterocycles. The lowest BCUT2D eigenvalue weighted by Crippen LogP contribution is -2.70. The van der Waals surface area contributed by atoms with Gasteiger partial charge < -0.3 is 100 Å². The van der Waals surface area contributed by atoms with E-state index < -0.39 is 155 Å². The van der Waals surface area contributed by atoms with Crippen LogP contribution in [0.1, 0.15) is 342 Å². The summed E-state index contributed by atoms with van der Waals surface area (Å²) < 4.78 is 34.9. The summed E-state index contributed by atoms with van der Waals surface area (Å²) >= 11 is 0. The van der Waals surface area contributed by atoms with E-state index in [0.717, 1.165) is 58.3 Å². The van der Waals surface area contributed by atoms with E-state index in [1.807, 2.05) is 6.08 Å². The van der Waals surface area contributed by atoms with Crippen LogP contribution in [-0.4, -0.2) is 215 Å². The molecule has 0 aromatic heterocycles. The van der Waals surface area contributed by atoms with Crippen LogP contribution in [0.5, 0.6) is 0 Å². The summed E-state index contributed by atoms with van der Waals surface area (Å²) in [7, 11) is 0. The number of nitrogens with one attached hydrogen (secondary N) is 2. The number of amides is 2. The number of carbonyl (C=O) groups excluding carboxylic acids is 2. The highest BCUT2D eigenvalue weighted by Gasteiger charge is 2.60. The Kier molecular flexibility index (Phi) is 57.2. The predicted octanol–water partition coefficient (Wildman–Crippen LogP) is 12.5. The van der Waals surface area contributed by atoms with Gasteiger partial charge in [-0.2, -0.15) is 0 Å². The Hall–Kier alpha value is -3.05. The Morgan fingerprint density at radius 1 is 0.495 bits per heavy atom. The molecule has 0 bridgehead atoms. The second-order valence-electron chi connectivity index (χ2n) is 31.0. The van der Waals surface area contributed by atoms with Crippen LogP contribution in [0, 0.1) is 0 Å². The van der Waals surface area contributed by atoms with Gasteiger partial charge in [0.15, 0.2) is 12.6 Å². The first-order chi connectivity index (χ1) is 51.9. The van der Waals surface area contributed by atoms with Gasteiger partial charge in [-0.3, -0.25) is 9.59 Å². The molecule has 626 valence electrons. The summed E-state index contributed by atoms with van der Waals surface area (Å²) in [5.41, 5.74) is 0. The Balaban J connectivity index is 1.45. The van der Waals surface area contributed by atoms with Gasteiger partial charge >= 0.3 is 5.97 Å². The number of aliphatic hydroxyl groups excluding tert-OH is 11. The van der Waals surface area contributed by atoms with Crippen molar-refractivity contribution in [1.82, 2.24) is 10.6 Å². The highest BCUT2D eigenvalue weighted by molar-refractivity contribution is 5.77. The van der Waals surface area contributed by atoms with Crippen molar-refractivity contribution < 1.29 is 104 Å². The second kappa shape index (κ2) is 62.4. The zero-order valence-corrected chi connectivity index (χ0v) is 66.5. The molecule has 23 heteroatoms. The number of rotatable bonds is 68. The highest BCUT2D eigenvalue weighted by atomic mass is 16.8. The lowest BCUT2D eigenvalue weighted by atomic mass is 9.88. The van der Waals surface area contributed by atoms with Gasteiger partial charge in [0.2, 0.25) is 11.8 Å². The van der Waals surface area contributed by atoms with E-state index in [1.54, 1.807) is 6.08 Å². The van der Waals surface area contributed by atoms with Crippen molar-refractivity contribution in [3.63, 3.8) is 0 Å². The number of ether oxygens (including phenoxy) is 6. The molecule has 2 amide bonds. The standard InChI is InChI=1S/C84H154N2O21/c1-4-6-8-10-12-14-16-18-20-22-24-25-26-27-28-29-30-31-32-33-34-35-36-37-38-39-40-42-44-46-48-50-52-54-56-58-71(94)86-65(66(91)57-55-53-51-49-47-45-43-41-23-21-19-17-15-13-11-9-7-5-2)63-102-81-76(98)75(97)78(70(62-89)104-81)105-82-77(99)80(74(96)69(61-88)103-82)107-84(83(100)101)59-67(92)72(85-64(3)90)79(106-84)73(95)68(93)60-87/h26-27,29-30,55,57,65-70,72-82,87-89,91-93,95-99H,4-25,28,31-54,56,58-63H2,1-3H3,(H,85,90)(H,86,94)(H,100,101)/b27-26-,30-29-,57-55+. The maximum Gasteiger partial charge on any atom is 0.364 e. The maximum atomic E-state index is 13.6. The molecule has 18 atom stereocenters. The largest absolute Gasteiger partial charge is 0.477 e. The Bertz CT molecular complexity index is 2270. The number of hydrogen-bond acceptors (Lipinski definition) is 20. The maximum absolute atomic E-state index is 13.6. The molecular formula is C84H154N2O21. The molecule has 0 radical (unpaired) electrons. The van der Waals surface area contributed by atoms with Crippen LogP contribution in [0.3, 0.4) is 0 Å². The van der Waals surface area contributed by atoms with E-state index in [0.29, 0.717) is 12.8 Å². The predicted molar refractivity (Wildman–Crippen MR) is 417 cm³/mol. The average Bonchev–Trinajstić information content (AvgIpc) is 0.754. The van der Waals surface area contributed by atoms with E-state index in [4.69, 9.17) is 28.4 Å². The molecule has 3 fully saturated rings. The van der Waals surface area contributed by atoms with Gasteiger partial charge in [0.25, 0.3) is 5.79 Å². The minimum absolute atomic E-state index is 0.202. The van der Waals surface area contributed by atoms with Crippen LogP contribution in [0.4, 0.5) is 0 Å². The van der Waals surface area contributed by atoms with Crippen LogP contribution >= 0.6 is 0 Å². The van der Waals surface area contributed by atoms with Crippen molar-refractivity contribution in [3.8, 4) is 0 Å². The van der Waals surface area contributed by atoms with Crippen LogP contribution in [0.25, 0.3) is 0 Å². The fourth-order valence-electron chi connectivity index (χ4n) is 14.8. The molecule has 23 nitrogen and oxygen atoms in total. The fourth-order valence-corrected chi connectivity index (χ4v) is 14.8. The van der Waals surface area contributed by atoms with Gasteiger partial charge in [-0.05, 0) is 51.4 Å². The number of aliphatic carboxylic acids is 1. The summed E-state index contributed by atoms with van der Waals surface area (Å²) in [6, 6.07) is -2.62. The number of carboxylic acid groups (broad SMARTS) is 1. The molecule has 3 saturated heterocycles. The molecule has 3 aliphatic rings. The smallest absolute Gasteiger partial charge is 0.364 e. The third-order valence-corrected chi connectivity index (χ3v) is 21.6. The molecule has 3 rings (SSSR count). The number of hydrogen-bond donors (Lipinski definition) is 14. The first-order valence-corrected chi connectivity index (χ1v) is 42.9. The molecule has 0 aromatic rings. The van der Waals surface area contributed by atoms with Gasteiger partial charge in [0, 0.05) is 19.8 Å². The number of allylic oxidation sites excluding steroid dienone is 5. The van der Waals surface area contributed by atoms with Crippen molar-refractivity contribution in [2.75, 3.05) is 26.4 Å². The Morgan fingerprint density at radius 2 is 0.907 bits per heavy atom. The monoisotopic (exact) mass is 1530 g/mol. The summed E-state index contributed by atoms with van der Waals surface area (Å²) in [4.78, 5) is 38.7. The zero-order chi connectivity index (χ0) is 78.1. The van der Waals surface area contributed by atoms with E-state index >= 15 is 0 Å². The molecule has 3 aliphatic heterocycles. The van der Waals surface area contributed by atoms with Gasteiger partial charge in [0.05, 0.1) is 50.7 Å². The molecule has 0 aromatic carbocycles. The zero-order valence-electron chi connectivity index (χ0n) is 66.5. The van der Waals surface area contributed by atoms with Crippen molar-refractivity contribution in [3.05, 3.63) is 36.5 Å². The minimum Gasteiger partial charge on any atom is -0.477 e. The van der Waals surface area contributed by atoms with Crippen LogP contribution in [0.2, 0.25) is 0 Å². The first-order valence-electron chi connectivity index (χ1n) is 42.9. The van der Waals surface area contributed by atoms with Crippen LogP contribution in [-0.2, 0) is 42.8 Å². The van der Waals surface area contributed by atoms with Crippen molar-refractivity contribution in [2.24, 2.45) is 0 Å². The van der Waals surface area contributed by atoms with E-state index in [-0.39, 0.29) is 12.3 Å². The number of unbranched alkanes of at least 4 members (excludes halogenated alkanes) is 44. The summed E-state index contributed by atoms with van der Waals surface area (Å²) in [5, 5.41) is 136. The average molecular weight is 1530 g/mol. The number of carboxylic acids is 1. The Morgan fingerprint density at radius 3 is 1.32 bits per heavy atom. The third kappa shape index (κ3) is 42.1. The van der Waals surface area contributed by atoms with Crippen LogP contribution in [0.15, 0.2) is 36.5 Å². The summed E-state index contributed by atoms with van der Waals surface area (Å²) in [6.45, 7) is 2.19. The topological polar surface area (TPSA) is 373 Å². The lowest BCUT2D eigenvalue weighted by Gasteiger charge is -2.50. The normalized spacial score (nSPS) is 26.1. The molecule has 107 heavy (non-hydrogen) atoms. The number of carbonyl (C=O) groups is 3. The van der Waals surface area contributed by atoms with Gasteiger partial charge in [-0.1, -0.05) is 307 Å². The Labute approximate surface area is 644 Å².